The smallest absolute Gasteiger partial charge is 0.303 e. The molecule has 2 aliphatic carbocycles. The maximum Gasteiger partial charge on any atom is 0.303 e. The van der Waals surface area contributed by atoms with Crippen LogP contribution in [0.1, 0.15) is 62.0 Å². The Labute approximate surface area is 229 Å². The molecule has 0 radical (unpaired) electrons. The Kier molecular flexibility index (Phi) is 8.60. The first-order chi connectivity index (χ1) is 18.8. The standard InChI is InChI=1S/C31H40F2N2O4/c1-38-26-8-7-25(19-34-18-22-16-31(32,33)17-22)29(14-26)35-11-9-21(10-12-35)20-39-27-4-2-3-24(13-27)28(15-30(36)37)23-5-6-23/h2-4,7-8,13-14,21-23,28,34H,5-6,9-12,15-20H2,1H3,(H,36,37)/t28-/m0/s1. The number of carboxylic acids is 1. The highest BCUT2D eigenvalue weighted by atomic mass is 19.3. The number of anilines is 1. The van der Waals surface area contributed by atoms with Crippen molar-refractivity contribution in [1.82, 2.24) is 5.32 Å². The summed E-state index contributed by atoms with van der Waals surface area (Å²) in [6.45, 7) is 3.71. The second-order valence-corrected chi connectivity index (χ2v) is 11.6. The van der Waals surface area contributed by atoms with Gasteiger partial charge in [-0.25, -0.2) is 8.78 Å². The first-order valence-electron chi connectivity index (χ1n) is 14.2. The Morgan fingerprint density at radius 1 is 1.08 bits per heavy atom. The van der Waals surface area contributed by atoms with Gasteiger partial charge in [-0.3, -0.25) is 4.79 Å². The maximum absolute atomic E-state index is 13.2. The lowest BCUT2D eigenvalue weighted by Gasteiger charge is -2.36. The molecule has 2 aromatic carbocycles. The Hall–Kier alpha value is -2.87. The van der Waals surface area contributed by atoms with Gasteiger partial charge in [0.05, 0.1) is 20.1 Å². The summed E-state index contributed by atoms with van der Waals surface area (Å²) in [7, 11) is 1.67. The van der Waals surface area contributed by atoms with Gasteiger partial charge < -0.3 is 24.8 Å². The van der Waals surface area contributed by atoms with E-state index in [1.54, 1.807) is 7.11 Å². The van der Waals surface area contributed by atoms with Crippen molar-refractivity contribution in [2.24, 2.45) is 17.8 Å². The minimum absolute atomic E-state index is 0.0151. The number of carboxylic acid groups (broad SMARTS) is 1. The fourth-order valence-electron chi connectivity index (χ4n) is 6.09. The van der Waals surface area contributed by atoms with Gasteiger partial charge in [-0.05, 0) is 85.2 Å². The predicted molar refractivity (Wildman–Crippen MR) is 147 cm³/mol. The number of hydrogen-bond donors (Lipinski definition) is 2. The van der Waals surface area contributed by atoms with Crippen LogP contribution < -0.4 is 19.7 Å². The van der Waals surface area contributed by atoms with E-state index in [1.807, 2.05) is 30.3 Å². The van der Waals surface area contributed by atoms with Crippen molar-refractivity contribution in [3.05, 3.63) is 53.6 Å². The molecule has 2 saturated carbocycles. The molecule has 1 atom stereocenters. The Balaban J connectivity index is 1.13. The summed E-state index contributed by atoms with van der Waals surface area (Å²) < 4.78 is 38.0. The number of nitrogens with zero attached hydrogens (tertiary/aromatic N) is 1. The van der Waals surface area contributed by atoms with E-state index >= 15 is 0 Å². The van der Waals surface area contributed by atoms with Crippen molar-refractivity contribution in [1.29, 1.82) is 0 Å². The molecule has 3 fully saturated rings. The van der Waals surface area contributed by atoms with Gasteiger partial charge in [0.1, 0.15) is 11.5 Å². The van der Waals surface area contributed by atoms with Crippen LogP contribution in [0.5, 0.6) is 11.5 Å². The van der Waals surface area contributed by atoms with E-state index < -0.39 is 11.9 Å². The fraction of sp³-hybridized carbons (Fsp3) is 0.581. The zero-order valence-corrected chi connectivity index (χ0v) is 22.7. The number of carbonyl (C=O) groups is 1. The zero-order chi connectivity index (χ0) is 27.4. The predicted octanol–water partition coefficient (Wildman–Crippen LogP) is 6.09. The topological polar surface area (TPSA) is 71.0 Å². The molecule has 0 spiro atoms. The minimum Gasteiger partial charge on any atom is -0.497 e. The molecular weight excluding hydrogens is 502 g/mol. The molecule has 8 heteroatoms. The number of halogens is 2. The molecular formula is C31H40F2N2O4. The van der Waals surface area contributed by atoms with Crippen molar-refractivity contribution in [3.8, 4) is 11.5 Å². The Morgan fingerprint density at radius 2 is 1.85 bits per heavy atom. The van der Waals surface area contributed by atoms with Gasteiger partial charge >= 0.3 is 5.97 Å². The highest BCUT2D eigenvalue weighted by Gasteiger charge is 2.44. The van der Waals surface area contributed by atoms with Crippen LogP contribution >= 0.6 is 0 Å². The van der Waals surface area contributed by atoms with E-state index in [4.69, 9.17) is 9.47 Å². The first kappa shape index (κ1) is 27.7. The molecule has 0 amide bonds. The van der Waals surface area contributed by atoms with Gasteiger partial charge in [0.25, 0.3) is 0 Å². The van der Waals surface area contributed by atoms with Crippen LogP contribution in [0.4, 0.5) is 14.5 Å². The highest BCUT2D eigenvalue weighted by Crippen LogP contribution is 2.45. The molecule has 3 aliphatic rings. The first-order valence-corrected chi connectivity index (χ1v) is 14.2. The van der Waals surface area contributed by atoms with Gasteiger partial charge in [0.2, 0.25) is 5.92 Å². The van der Waals surface area contributed by atoms with Gasteiger partial charge in [-0.1, -0.05) is 18.2 Å². The summed E-state index contributed by atoms with van der Waals surface area (Å²) in [6.07, 6.45) is 4.36. The second kappa shape index (κ2) is 12.1. The molecule has 1 saturated heterocycles. The zero-order valence-electron chi connectivity index (χ0n) is 22.7. The van der Waals surface area contributed by atoms with Crippen molar-refractivity contribution >= 4 is 11.7 Å². The molecule has 0 bridgehead atoms. The molecule has 6 nitrogen and oxygen atoms in total. The molecule has 5 rings (SSSR count). The summed E-state index contributed by atoms with van der Waals surface area (Å²) in [5, 5.41) is 12.7. The lowest BCUT2D eigenvalue weighted by Crippen LogP contribution is -2.41. The van der Waals surface area contributed by atoms with Crippen molar-refractivity contribution in [2.75, 3.05) is 38.3 Å². The summed E-state index contributed by atoms with van der Waals surface area (Å²) in [5.41, 5.74) is 3.36. The third-order valence-corrected chi connectivity index (χ3v) is 8.53. The number of ether oxygens (including phenoxy) is 2. The summed E-state index contributed by atoms with van der Waals surface area (Å²) in [5.74, 6) is -0.570. The Morgan fingerprint density at radius 3 is 2.51 bits per heavy atom. The van der Waals surface area contributed by atoms with Gasteiger partial charge in [0, 0.05) is 44.2 Å². The Bertz CT molecular complexity index is 1120. The number of rotatable bonds is 13. The number of hydrogen-bond acceptors (Lipinski definition) is 5. The third-order valence-electron chi connectivity index (χ3n) is 8.53. The molecule has 39 heavy (non-hydrogen) atoms. The number of benzene rings is 2. The molecule has 212 valence electrons. The van der Waals surface area contributed by atoms with E-state index in [2.05, 4.69) is 22.3 Å². The maximum atomic E-state index is 13.2. The summed E-state index contributed by atoms with van der Waals surface area (Å²) in [6, 6.07) is 14.1. The van der Waals surface area contributed by atoms with Crippen LogP contribution in [-0.4, -0.2) is 50.3 Å². The lowest BCUT2D eigenvalue weighted by molar-refractivity contribution is -0.137. The highest BCUT2D eigenvalue weighted by molar-refractivity contribution is 5.68. The molecule has 1 heterocycles. The van der Waals surface area contributed by atoms with Crippen molar-refractivity contribution in [2.45, 2.75) is 63.3 Å². The number of alkyl halides is 2. The third kappa shape index (κ3) is 7.41. The van der Waals surface area contributed by atoms with E-state index in [9.17, 15) is 18.7 Å². The van der Waals surface area contributed by atoms with Crippen LogP contribution in [0.15, 0.2) is 42.5 Å². The van der Waals surface area contributed by atoms with Crippen molar-refractivity contribution < 1.29 is 28.2 Å². The van der Waals surface area contributed by atoms with E-state index in [-0.39, 0.29) is 31.1 Å². The van der Waals surface area contributed by atoms with Crippen LogP contribution in [0.25, 0.3) is 0 Å². The molecule has 2 N–H and O–H groups in total. The number of nitrogens with one attached hydrogen (secondary N) is 1. The number of methoxy groups -OCH3 is 1. The summed E-state index contributed by atoms with van der Waals surface area (Å²) >= 11 is 0. The molecule has 0 aromatic heterocycles. The van der Waals surface area contributed by atoms with E-state index in [0.29, 0.717) is 31.5 Å². The largest absolute Gasteiger partial charge is 0.497 e. The quantitative estimate of drug-likeness (QED) is 0.319. The average molecular weight is 543 g/mol. The monoisotopic (exact) mass is 542 g/mol. The van der Waals surface area contributed by atoms with Crippen LogP contribution in [0, 0.1) is 17.8 Å². The van der Waals surface area contributed by atoms with Crippen LogP contribution in [0.3, 0.4) is 0 Å². The molecule has 2 aromatic rings. The second-order valence-electron chi connectivity index (χ2n) is 11.6. The molecule has 0 unspecified atom stereocenters. The SMILES string of the molecule is COc1ccc(CNCC2CC(F)(F)C2)c(N2CCC(COc3cccc([C@@H](CC(=O)O)C4CC4)c3)CC2)c1. The van der Waals surface area contributed by atoms with Crippen LogP contribution in [0.2, 0.25) is 0 Å². The normalized spacial score (nSPS) is 20.3. The number of aliphatic carboxylic acids is 1. The fourth-order valence-corrected chi connectivity index (χ4v) is 6.09. The van der Waals surface area contributed by atoms with Gasteiger partial charge in [0.15, 0.2) is 0 Å². The lowest BCUT2D eigenvalue weighted by atomic mass is 9.81. The van der Waals surface area contributed by atoms with Crippen molar-refractivity contribution in [3.63, 3.8) is 0 Å². The van der Waals surface area contributed by atoms with E-state index in [0.717, 1.165) is 67.1 Å². The van der Waals surface area contributed by atoms with Gasteiger partial charge in [-0.2, -0.15) is 0 Å². The van der Waals surface area contributed by atoms with E-state index in [1.165, 1.54) is 0 Å². The minimum atomic E-state index is -2.48. The summed E-state index contributed by atoms with van der Waals surface area (Å²) in [4.78, 5) is 13.8. The molecule has 1 aliphatic heterocycles. The number of piperidine rings is 1. The van der Waals surface area contributed by atoms with Crippen LogP contribution in [-0.2, 0) is 11.3 Å². The average Bonchev–Trinajstić information content (AvgIpc) is 3.75. The van der Waals surface area contributed by atoms with Gasteiger partial charge in [-0.15, -0.1) is 0 Å².